The fraction of sp³-hybridized carbons (Fsp3) is 1.00. The van der Waals surface area contributed by atoms with E-state index in [1.54, 1.807) is 0 Å². The molecule has 0 aliphatic rings. The van der Waals surface area contributed by atoms with Gasteiger partial charge in [-0.15, -0.1) is 0 Å². The second-order valence-electron chi connectivity index (χ2n) is 8.69. The molecule has 0 rings (SSSR count). The van der Waals surface area contributed by atoms with Crippen molar-refractivity contribution in [2.75, 3.05) is 0 Å². The standard InChI is InChI=1S/C24H51O3P/c1-7-13-16-19-22(10-4)24(12-6,21-18-15-9-3)27-28(25,26)23(11-5)20-17-14-8-2/h22-23H,7-21H2,1-6H3,(H,25,26). The maximum absolute atomic E-state index is 13.4. The van der Waals surface area contributed by atoms with Crippen molar-refractivity contribution >= 4 is 7.60 Å². The summed E-state index contributed by atoms with van der Waals surface area (Å²) in [5, 5.41) is 0. The minimum absolute atomic E-state index is 0.218. The molecule has 3 nitrogen and oxygen atoms in total. The lowest BCUT2D eigenvalue weighted by Gasteiger charge is -2.42. The van der Waals surface area contributed by atoms with Crippen molar-refractivity contribution < 1.29 is 14.0 Å². The van der Waals surface area contributed by atoms with Crippen LogP contribution in [0.25, 0.3) is 0 Å². The van der Waals surface area contributed by atoms with Gasteiger partial charge in [-0.2, -0.15) is 0 Å². The fourth-order valence-electron chi connectivity index (χ4n) is 4.57. The molecule has 0 heterocycles. The number of hydrogen-bond acceptors (Lipinski definition) is 2. The zero-order valence-corrected chi connectivity index (χ0v) is 20.9. The van der Waals surface area contributed by atoms with Crippen molar-refractivity contribution in [3.8, 4) is 0 Å². The lowest BCUT2D eigenvalue weighted by molar-refractivity contribution is -0.0226. The SMILES string of the molecule is CCCCCC(CC)C(CC)(CCCCC)OP(=O)(O)C(CC)CCCCC. The molecular weight excluding hydrogens is 367 g/mol. The van der Waals surface area contributed by atoms with Crippen LogP contribution < -0.4 is 0 Å². The van der Waals surface area contributed by atoms with Gasteiger partial charge in [-0.1, -0.05) is 106 Å². The normalized spacial score (nSPS) is 18.4. The first-order valence-electron chi connectivity index (χ1n) is 12.4. The van der Waals surface area contributed by atoms with Gasteiger partial charge in [0, 0.05) is 0 Å². The predicted octanol–water partition coefficient (Wildman–Crippen LogP) is 8.88. The summed E-state index contributed by atoms with van der Waals surface area (Å²) in [6.07, 6.45) is 15.7. The van der Waals surface area contributed by atoms with Gasteiger partial charge in [0.2, 0.25) is 0 Å². The van der Waals surface area contributed by atoms with Crippen LogP contribution in [0, 0.1) is 5.92 Å². The second kappa shape index (κ2) is 15.9. The summed E-state index contributed by atoms with van der Waals surface area (Å²) in [5.41, 5.74) is -0.663. The first kappa shape index (κ1) is 28.1. The Hall–Kier alpha value is 0.150. The third-order valence-corrected chi connectivity index (χ3v) is 8.75. The van der Waals surface area contributed by atoms with E-state index in [2.05, 4.69) is 34.6 Å². The molecule has 0 amide bonds. The number of hydrogen-bond donors (Lipinski definition) is 1. The van der Waals surface area contributed by atoms with E-state index in [0.29, 0.717) is 5.92 Å². The van der Waals surface area contributed by atoms with Gasteiger partial charge in [-0.25, -0.2) is 0 Å². The summed E-state index contributed by atoms with van der Waals surface area (Å²) in [6, 6.07) is 0. The van der Waals surface area contributed by atoms with Gasteiger partial charge in [-0.3, -0.25) is 4.57 Å². The van der Waals surface area contributed by atoms with E-state index < -0.39 is 13.2 Å². The Labute approximate surface area is 177 Å². The summed E-state index contributed by atoms with van der Waals surface area (Å²) in [6.45, 7) is 13.0. The summed E-state index contributed by atoms with van der Waals surface area (Å²) in [5.74, 6) is 0.370. The lowest BCUT2D eigenvalue weighted by Crippen LogP contribution is -2.40. The van der Waals surface area contributed by atoms with Crippen LogP contribution in [0.2, 0.25) is 0 Å². The van der Waals surface area contributed by atoms with Gasteiger partial charge in [0.1, 0.15) is 0 Å². The Morgan fingerprint density at radius 2 is 1.32 bits per heavy atom. The van der Waals surface area contributed by atoms with Gasteiger partial charge in [0.15, 0.2) is 0 Å². The predicted molar refractivity (Wildman–Crippen MR) is 124 cm³/mol. The van der Waals surface area contributed by atoms with Gasteiger partial charge in [0.25, 0.3) is 0 Å². The van der Waals surface area contributed by atoms with E-state index >= 15 is 0 Å². The van der Waals surface area contributed by atoms with Gasteiger partial charge in [0.05, 0.1) is 11.3 Å². The molecule has 0 aromatic rings. The zero-order chi connectivity index (χ0) is 21.5. The number of rotatable bonds is 19. The molecule has 28 heavy (non-hydrogen) atoms. The molecule has 0 aliphatic heterocycles. The Morgan fingerprint density at radius 3 is 1.79 bits per heavy atom. The maximum atomic E-state index is 13.4. The van der Waals surface area contributed by atoms with Crippen molar-refractivity contribution in [3.05, 3.63) is 0 Å². The van der Waals surface area contributed by atoms with Crippen molar-refractivity contribution in [1.82, 2.24) is 0 Å². The molecule has 0 fully saturated rings. The highest BCUT2D eigenvalue weighted by Gasteiger charge is 2.44. The second-order valence-corrected chi connectivity index (χ2v) is 10.7. The van der Waals surface area contributed by atoms with Crippen LogP contribution in [0.4, 0.5) is 0 Å². The van der Waals surface area contributed by atoms with Crippen molar-refractivity contribution in [2.24, 2.45) is 5.92 Å². The molecular formula is C24H51O3P. The monoisotopic (exact) mass is 418 g/mol. The highest BCUT2D eigenvalue weighted by molar-refractivity contribution is 7.53. The van der Waals surface area contributed by atoms with Crippen LogP contribution in [-0.4, -0.2) is 16.2 Å². The van der Waals surface area contributed by atoms with E-state index in [0.717, 1.165) is 70.6 Å². The van der Waals surface area contributed by atoms with Crippen LogP contribution in [0.3, 0.4) is 0 Å². The molecule has 0 aromatic heterocycles. The zero-order valence-electron chi connectivity index (χ0n) is 20.0. The molecule has 0 bridgehead atoms. The molecule has 170 valence electrons. The molecule has 0 radical (unpaired) electrons. The Kier molecular flexibility index (Phi) is 16.0. The molecule has 0 saturated carbocycles. The van der Waals surface area contributed by atoms with Crippen LogP contribution in [-0.2, 0) is 9.09 Å². The average molecular weight is 419 g/mol. The minimum Gasteiger partial charge on any atom is -0.324 e. The first-order chi connectivity index (χ1) is 13.4. The van der Waals surface area contributed by atoms with Crippen LogP contribution in [0.5, 0.6) is 0 Å². The van der Waals surface area contributed by atoms with Gasteiger partial charge in [-0.05, 0) is 38.0 Å². The maximum Gasteiger partial charge on any atom is 0.331 e. The summed E-state index contributed by atoms with van der Waals surface area (Å²) < 4.78 is 19.8. The largest absolute Gasteiger partial charge is 0.331 e. The highest BCUT2D eigenvalue weighted by Crippen LogP contribution is 2.57. The summed E-state index contributed by atoms with van der Waals surface area (Å²) in [7, 11) is -3.64. The molecule has 0 aromatic carbocycles. The molecule has 4 heteroatoms. The highest BCUT2D eigenvalue weighted by atomic mass is 31.2. The van der Waals surface area contributed by atoms with Crippen molar-refractivity contribution in [3.63, 3.8) is 0 Å². The Morgan fingerprint density at radius 1 is 0.786 bits per heavy atom. The fourth-order valence-corrected chi connectivity index (χ4v) is 6.58. The average Bonchev–Trinajstić information content (AvgIpc) is 2.67. The van der Waals surface area contributed by atoms with Crippen molar-refractivity contribution in [1.29, 1.82) is 0 Å². The lowest BCUT2D eigenvalue weighted by atomic mass is 9.76. The third-order valence-electron chi connectivity index (χ3n) is 6.58. The minimum atomic E-state index is -3.64. The summed E-state index contributed by atoms with van der Waals surface area (Å²) >= 11 is 0. The molecule has 4 unspecified atom stereocenters. The van der Waals surface area contributed by atoms with E-state index in [9.17, 15) is 9.46 Å². The van der Waals surface area contributed by atoms with E-state index in [4.69, 9.17) is 4.52 Å². The Balaban J connectivity index is 5.51. The third kappa shape index (κ3) is 9.77. The van der Waals surface area contributed by atoms with E-state index in [1.165, 1.54) is 25.7 Å². The Bertz CT molecular complexity index is 413. The molecule has 4 atom stereocenters. The molecule has 0 spiro atoms. The quantitative estimate of drug-likeness (QED) is 0.168. The van der Waals surface area contributed by atoms with Crippen LogP contribution in [0.15, 0.2) is 0 Å². The van der Waals surface area contributed by atoms with Gasteiger partial charge >= 0.3 is 7.60 Å². The van der Waals surface area contributed by atoms with Crippen molar-refractivity contribution in [2.45, 2.75) is 149 Å². The van der Waals surface area contributed by atoms with Crippen LogP contribution >= 0.6 is 7.60 Å². The first-order valence-corrected chi connectivity index (χ1v) is 14.0. The number of unbranched alkanes of at least 4 members (excludes halogenated alkanes) is 6. The van der Waals surface area contributed by atoms with E-state index in [-0.39, 0.29) is 5.66 Å². The van der Waals surface area contributed by atoms with E-state index in [1.807, 2.05) is 6.92 Å². The van der Waals surface area contributed by atoms with Gasteiger partial charge < -0.3 is 9.42 Å². The molecule has 0 saturated heterocycles. The van der Waals surface area contributed by atoms with Crippen LogP contribution in [0.1, 0.15) is 138 Å². The molecule has 0 aliphatic carbocycles. The smallest absolute Gasteiger partial charge is 0.324 e. The summed E-state index contributed by atoms with van der Waals surface area (Å²) in [4.78, 5) is 11.0. The topological polar surface area (TPSA) is 46.5 Å². The molecule has 1 N–H and O–H groups in total.